The highest BCUT2D eigenvalue weighted by molar-refractivity contribution is 5.77. The summed E-state index contributed by atoms with van der Waals surface area (Å²) in [6.07, 6.45) is 5.36. The normalized spacial score (nSPS) is 19.9. The second-order valence-corrected chi connectivity index (χ2v) is 10.3. The summed E-state index contributed by atoms with van der Waals surface area (Å²) >= 11 is 0. The Bertz CT molecular complexity index is 1030. The Kier molecular flexibility index (Phi) is 8.23. The van der Waals surface area contributed by atoms with Crippen LogP contribution in [0.3, 0.4) is 0 Å². The average Bonchev–Trinajstić information content (AvgIpc) is 3.40. The highest BCUT2D eigenvalue weighted by Gasteiger charge is 2.35. The predicted molar refractivity (Wildman–Crippen MR) is 137 cm³/mol. The van der Waals surface area contributed by atoms with Crippen LogP contribution in [-0.4, -0.2) is 74.7 Å². The van der Waals surface area contributed by atoms with Crippen LogP contribution in [0, 0.1) is 0 Å². The van der Waals surface area contributed by atoms with Gasteiger partial charge in [-0.3, -0.25) is 19.1 Å². The third-order valence-electron chi connectivity index (χ3n) is 7.58. The molecule has 8 heteroatoms. The second-order valence-electron chi connectivity index (χ2n) is 10.3. The van der Waals surface area contributed by atoms with E-state index in [4.69, 9.17) is 0 Å². The van der Waals surface area contributed by atoms with Gasteiger partial charge in [0.2, 0.25) is 5.91 Å². The largest absolute Gasteiger partial charge is 0.388 e. The number of rotatable bonds is 9. The quantitative estimate of drug-likeness (QED) is 0.572. The van der Waals surface area contributed by atoms with Crippen molar-refractivity contribution in [3.8, 4) is 0 Å². The van der Waals surface area contributed by atoms with Gasteiger partial charge in [-0.2, -0.15) is 0 Å². The molecule has 2 aromatic rings. The SMILES string of the molecule is C[C@H](CC(=O)N1CCC(O)(Cn2cnc(NC[C@H](C)N3CCCC3)cc2=O)CC1)c1ccccc1. The number of hydrogen-bond acceptors (Lipinski definition) is 6. The predicted octanol–water partition coefficient (Wildman–Crippen LogP) is 2.69. The van der Waals surface area contributed by atoms with Crippen molar-refractivity contribution in [2.45, 2.75) is 70.1 Å². The fourth-order valence-electron chi connectivity index (χ4n) is 5.14. The van der Waals surface area contributed by atoms with Gasteiger partial charge in [0.05, 0.1) is 18.5 Å². The molecule has 1 aromatic carbocycles. The number of carbonyl (C=O) groups excluding carboxylic acids is 1. The van der Waals surface area contributed by atoms with Crippen molar-refractivity contribution in [1.82, 2.24) is 19.4 Å². The summed E-state index contributed by atoms with van der Waals surface area (Å²) < 4.78 is 1.48. The number of amides is 1. The van der Waals surface area contributed by atoms with E-state index in [9.17, 15) is 14.7 Å². The van der Waals surface area contributed by atoms with Crippen LogP contribution in [0.1, 0.15) is 57.4 Å². The number of likely N-dealkylation sites (tertiary alicyclic amines) is 2. The fourth-order valence-corrected chi connectivity index (χ4v) is 5.14. The number of aromatic nitrogens is 2. The summed E-state index contributed by atoms with van der Waals surface area (Å²) in [6, 6.07) is 12.0. The summed E-state index contributed by atoms with van der Waals surface area (Å²) in [6.45, 7) is 8.43. The van der Waals surface area contributed by atoms with Crippen molar-refractivity contribution < 1.29 is 9.90 Å². The van der Waals surface area contributed by atoms with Gasteiger partial charge in [0.15, 0.2) is 0 Å². The molecule has 0 radical (unpaired) electrons. The summed E-state index contributed by atoms with van der Waals surface area (Å²) in [4.78, 5) is 34.2. The molecule has 2 N–H and O–H groups in total. The van der Waals surface area contributed by atoms with Crippen molar-refractivity contribution in [3.63, 3.8) is 0 Å². The molecule has 0 aliphatic carbocycles. The van der Waals surface area contributed by atoms with Gasteiger partial charge in [-0.05, 0) is 57.2 Å². The van der Waals surface area contributed by atoms with Crippen LogP contribution >= 0.6 is 0 Å². The Balaban J connectivity index is 1.26. The van der Waals surface area contributed by atoms with E-state index in [0.717, 1.165) is 25.2 Å². The van der Waals surface area contributed by atoms with Gasteiger partial charge in [-0.25, -0.2) is 4.98 Å². The summed E-state index contributed by atoms with van der Waals surface area (Å²) in [5.74, 6) is 0.831. The molecule has 4 rings (SSSR count). The van der Waals surface area contributed by atoms with Gasteiger partial charge in [0.25, 0.3) is 5.56 Å². The molecule has 0 bridgehead atoms. The monoisotopic (exact) mass is 481 g/mol. The van der Waals surface area contributed by atoms with Gasteiger partial charge in [-0.15, -0.1) is 0 Å². The first-order valence-corrected chi connectivity index (χ1v) is 12.9. The average molecular weight is 482 g/mol. The Morgan fingerprint density at radius 2 is 1.80 bits per heavy atom. The van der Waals surface area contributed by atoms with E-state index < -0.39 is 5.60 Å². The summed E-state index contributed by atoms with van der Waals surface area (Å²) in [7, 11) is 0. The van der Waals surface area contributed by atoms with Crippen LogP contribution in [0.4, 0.5) is 5.82 Å². The Hall–Kier alpha value is -2.71. The molecule has 35 heavy (non-hydrogen) atoms. The zero-order chi connectivity index (χ0) is 24.8. The van der Waals surface area contributed by atoms with Crippen molar-refractivity contribution in [1.29, 1.82) is 0 Å². The number of nitrogens with zero attached hydrogens (tertiary/aromatic N) is 4. The molecule has 0 saturated carbocycles. The first kappa shape index (κ1) is 25.4. The van der Waals surface area contributed by atoms with Crippen LogP contribution in [0.2, 0.25) is 0 Å². The molecule has 0 unspecified atom stereocenters. The lowest BCUT2D eigenvalue weighted by Gasteiger charge is -2.38. The van der Waals surface area contributed by atoms with E-state index in [1.54, 1.807) is 0 Å². The van der Waals surface area contributed by atoms with E-state index in [2.05, 4.69) is 29.0 Å². The molecule has 0 spiro atoms. The van der Waals surface area contributed by atoms with E-state index in [0.29, 0.717) is 44.2 Å². The van der Waals surface area contributed by atoms with Gasteiger partial charge >= 0.3 is 0 Å². The van der Waals surface area contributed by atoms with Crippen molar-refractivity contribution in [3.05, 3.63) is 58.6 Å². The lowest BCUT2D eigenvalue weighted by atomic mass is 9.90. The molecule has 2 atom stereocenters. The first-order valence-electron chi connectivity index (χ1n) is 12.9. The summed E-state index contributed by atoms with van der Waals surface area (Å²) in [5, 5.41) is 14.4. The van der Waals surface area contributed by atoms with Crippen molar-refractivity contribution in [2.75, 3.05) is 38.0 Å². The molecular weight excluding hydrogens is 442 g/mol. The van der Waals surface area contributed by atoms with Crippen LogP contribution in [0.15, 0.2) is 47.5 Å². The summed E-state index contributed by atoms with van der Waals surface area (Å²) in [5.41, 5.74) is -0.0448. The number of benzene rings is 1. The number of nitrogens with one attached hydrogen (secondary N) is 1. The molecule has 190 valence electrons. The lowest BCUT2D eigenvalue weighted by Crippen LogP contribution is -2.49. The molecule has 1 amide bonds. The smallest absolute Gasteiger partial charge is 0.255 e. The highest BCUT2D eigenvalue weighted by Crippen LogP contribution is 2.26. The molecule has 2 fully saturated rings. The fraction of sp³-hybridized carbons (Fsp3) is 0.593. The van der Waals surface area contributed by atoms with E-state index in [1.165, 1.54) is 29.8 Å². The molecule has 8 nitrogen and oxygen atoms in total. The first-order chi connectivity index (χ1) is 16.8. The van der Waals surface area contributed by atoms with Crippen molar-refractivity contribution >= 4 is 11.7 Å². The molecule has 1 aromatic heterocycles. The van der Waals surface area contributed by atoms with Gasteiger partial charge in [-0.1, -0.05) is 37.3 Å². The van der Waals surface area contributed by atoms with Gasteiger partial charge in [0.1, 0.15) is 5.82 Å². The Labute approximate surface area is 208 Å². The lowest BCUT2D eigenvalue weighted by molar-refractivity contribution is -0.136. The van der Waals surface area contributed by atoms with Crippen LogP contribution in [0.5, 0.6) is 0 Å². The zero-order valence-corrected chi connectivity index (χ0v) is 21.0. The maximum Gasteiger partial charge on any atom is 0.255 e. The standard InChI is InChI=1S/C27H39N5O3/c1-21(23-8-4-3-5-9-23)16-25(33)31-14-10-27(35,11-15-31)19-32-20-29-24(17-26(32)34)28-18-22(2)30-12-6-7-13-30/h3-5,8-9,17,20-22,28,35H,6-7,10-16,18-19H2,1-2H3/t21-,22+/m1/s1. The zero-order valence-electron chi connectivity index (χ0n) is 21.0. The molecule has 2 aliphatic rings. The number of anilines is 1. The topological polar surface area (TPSA) is 90.7 Å². The third kappa shape index (κ3) is 6.70. The van der Waals surface area contributed by atoms with Crippen LogP contribution < -0.4 is 10.9 Å². The third-order valence-corrected chi connectivity index (χ3v) is 7.58. The Morgan fingerprint density at radius 1 is 1.11 bits per heavy atom. The minimum atomic E-state index is -1.02. The maximum atomic E-state index is 12.8. The maximum absolute atomic E-state index is 12.8. The molecule has 3 heterocycles. The minimum Gasteiger partial charge on any atom is -0.388 e. The minimum absolute atomic E-state index is 0.112. The van der Waals surface area contributed by atoms with Crippen LogP contribution in [0.25, 0.3) is 0 Å². The number of carbonyl (C=O) groups is 1. The van der Waals surface area contributed by atoms with Gasteiger partial charge in [0, 0.05) is 38.2 Å². The van der Waals surface area contributed by atoms with E-state index >= 15 is 0 Å². The molecule has 2 saturated heterocycles. The van der Waals surface area contributed by atoms with E-state index in [-0.39, 0.29) is 23.9 Å². The second kappa shape index (κ2) is 11.4. The van der Waals surface area contributed by atoms with E-state index in [1.807, 2.05) is 35.2 Å². The number of piperidine rings is 1. The van der Waals surface area contributed by atoms with Crippen molar-refractivity contribution in [2.24, 2.45) is 0 Å². The van der Waals surface area contributed by atoms with Gasteiger partial charge < -0.3 is 15.3 Å². The number of aliphatic hydroxyl groups is 1. The van der Waals surface area contributed by atoms with Crippen LogP contribution in [-0.2, 0) is 11.3 Å². The Morgan fingerprint density at radius 3 is 2.46 bits per heavy atom. The molecule has 2 aliphatic heterocycles. The molecular formula is C27H39N5O3. The highest BCUT2D eigenvalue weighted by atomic mass is 16.3. The number of hydrogen-bond donors (Lipinski definition) is 2.